The molecule has 0 spiro atoms. The largest absolute Gasteiger partial charge is 0.479 e. The van der Waals surface area contributed by atoms with Crippen LogP contribution in [-0.4, -0.2) is 33.6 Å². The fourth-order valence-electron chi connectivity index (χ4n) is 1.01. The van der Waals surface area contributed by atoms with E-state index in [0.717, 1.165) is 4.47 Å². The third-order valence-corrected chi connectivity index (χ3v) is 2.01. The van der Waals surface area contributed by atoms with Gasteiger partial charge < -0.3 is 9.84 Å². The van der Waals surface area contributed by atoms with E-state index in [0.29, 0.717) is 6.61 Å². The third kappa shape index (κ3) is 3.12. The minimum atomic E-state index is -0.974. The Morgan fingerprint density at radius 2 is 2.57 bits per heavy atom. The zero-order chi connectivity index (χ0) is 10.6. The van der Waals surface area contributed by atoms with Gasteiger partial charge in [-0.2, -0.15) is 5.10 Å². The Morgan fingerprint density at radius 1 is 1.86 bits per heavy atom. The molecule has 5 nitrogen and oxygen atoms in total. The second-order valence-electron chi connectivity index (χ2n) is 2.66. The molecule has 1 rings (SSSR count). The van der Waals surface area contributed by atoms with Crippen LogP contribution < -0.4 is 0 Å². The van der Waals surface area contributed by atoms with Crippen molar-refractivity contribution in [2.45, 2.75) is 19.6 Å². The fourth-order valence-corrected chi connectivity index (χ4v) is 1.34. The van der Waals surface area contributed by atoms with Gasteiger partial charge in [0.15, 0.2) is 6.10 Å². The maximum atomic E-state index is 10.7. The van der Waals surface area contributed by atoms with Crippen molar-refractivity contribution in [3.05, 3.63) is 16.9 Å². The number of hydrogen-bond acceptors (Lipinski definition) is 3. The highest BCUT2D eigenvalue weighted by Crippen LogP contribution is 2.07. The molecule has 78 valence electrons. The SMILES string of the molecule is CCOC(Cn1cc(Br)cn1)C(=O)O. The lowest BCUT2D eigenvalue weighted by Crippen LogP contribution is -2.29. The molecule has 0 radical (unpaired) electrons. The summed E-state index contributed by atoms with van der Waals surface area (Å²) in [5.74, 6) is -0.974. The first-order chi connectivity index (χ1) is 6.63. The second-order valence-corrected chi connectivity index (χ2v) is 3.58. The van der Waals surface area contributed by atoms with Crippen LogP contribution in [0.2, 0.25) is 0 Å². The highest BCUT2D eigenvalue weighted by Gasteiger charge is 2.18. The molecule has 1 N–H and O–H groups in total. The number of carbonyl (C=O) groups is 1. The van der Waals surface area contributed by atoms with Crippen molar-refractivity contribution in [2.75, 3.05) is 6.61 Å². The van der Waals surface area contributed by atoms with Crippen molar-refractivity contribution >= 4 is 21.9 Å². The Hall–Kier alpha value is -0.880. The van der Waals surface area contributed by atoms with Crippen LogP contribution >= 0.6 is 15.9 Å². The van der Waals surface area contributed by atoms with Crippen molar-refractivity contribution in [1.29, 1.82) is 0 Å². The fraction of sp³-hybridized carbons (Fsp3) is 0.500. The van der Waals surface area contributed by atoms with E-state index in [4.69, 9.17) is 9.84 Å². The van der Waals surface area contributed by atoms with Gasteiger partial charge in [-0.1, -0.05) is 0 Å². The molecule has 0 aliphatic rings. The average molecular weight is 263 g/mol. The normalized spacial score (nSPS) is 12.7. The van der Waals surface area contributed by atoms with Crippen LogP contribution in [0, 0.1) is 0 Å². The van der Waals surface area contributed by atoms with Crippen LogP contribution in [0.5, 0.6) is 0 Å². The van der Waals surface area contributed by atoms with Crippen LogP contribution in [-0.2, 0) is 16.1 Å². The molecule has 0 bridgehead atoms. The molecule has 1 unspecified atom stereocenters. The Balaban J connectivity index is 2.59. The van der Waals surface area contributed by atoms with Gasteiger partial charge in [0.05, 0.1) is 17.2 Å². The van der Waals surface area contributed by atoms with E-state index in [2.05, 4.69) is 21.0 Å². The van der Waals surface area contributed by atoms with Crippen molar-refractivity contribution in [3.8, 4) is 0 Å². The predicted octanol–water partition coefficient (Wildman–Crippen LogP) is 1.14. The number of halogens is 1. The Kier molecular flexibility index (Phi) is 4.09. The lowest BCUT2D eigenvalue weighted by Gasteiger charge is -2.11. The van der Waals surface area contributed by atoms with E-state index in [9.17, 15) is 4.79 Å². The topological polar surface area (TPSA) is 64.4 Å². The summed E-state index contributed by atoms with van der Waals surface area (Å²) in [6, 6.07) is 0. The monoisotopic (exact) mass is 262 g/mol. The minimum Gasteiger partial charge on any atom is -0.479 e. The molecule has 0 aromatic carbocycles. The first kappa shape index (κ1) is 11.2. The quantitative estimate of drug-likeness (QED) is 0.865. The summed E-state index contributed by atoms with van der Waals surface area (Å²) in [6.45, 7) is 2.35. The van der Waals surface area contributed by atoms with Crippen molar-refractivity contribution in [1.82, 2.24) is 9.78 Å². The number of carboxylic acid groups (broad SMARTS) is 1. The van der Waals surface area contributed by atoms with Crippen molar-refractivity contribution < 1.29 is 14.6 Å². The predicted molar refractivity (Wildman–Crippen MR) is 53.0 cm³/mol. The third-order valence-electron chi connectivity index (χ3n) is 1.60. The first-order valence-electron chi connectivity index (χ1n) is 4.16. The smallest absolute Gasteiger partial charge is 0.334 e. The van der Waals surface area contributed by atoms with Crippen LogP contribution in [0.1, 0.15) is 6.92 Å². The van der Waals surface area contributed by atoms with Gasteiger partial charge in [-0.05, 0) is 22.9 Å². The van der Waals surface area contributed by atoms with E-state index < -0.39 is 12.1 Å². The second kappa shape index (κ2) is 5.11. The summed E-state index contributed by atoms with van der Waals surface area (Å²) < 4.78 is 7.38. The van der Waals surface area contributed by atoms with Gasteiger partial charge in [0.1, 0.15) is 0 Å². The van der Waals surface area contributed by atoms with Gasteiger partial charge in [0.25, 0.3) is 0 Å². The van der Waals surface area contributed by atoms with E-state index >= 15 is 0 Å². The van der Waals surface area contributed by atoms with Gasteiger partial charge in [0, 0.05) is 12.8 Å². The number of nitrogens with zero attached hydrogens (tertiary/aromatic N) is 2. The Labute approximate surface area is 89.8 Å². The van der Waals surface area contributed by atoms with Gasteiger partial charge in [-0.25, -0.2) is 4.79 Å². The van der Waals surface area contributed by atoms with Gasteiger partial charge in [-0.3, -0.25) is 4.68 Å². The molecule has 0 amide bonds. The van der Waals surface area contributed by atoms with Crippen LogP contribution in [0.4, 0.5) is 0 Å². The molecular weight excluding hydrogens is 252 g/mol. The number of hydrogen-bond donors (Lipinski definition) is 1. The summed E-state index contributed by atoms with van der Waals surface area (Å²) in [4.78, 5) is 10.7. The van der Waals surface area contributed by atoms with Crippen LogP contribution in [0.15, 0.2) is 16.9 Å². The van der Waals surface area contributed by atoms with Crippen LogP contribution in [0.25, 0.3) is 0 Å². The number of ether oxygens (including phenoxy) is 1. The average Bonchev–Trinajstić information content (AvgIpc) is 2.50. The Bertz CT molecular complexity index is 313. The van der Waals surface area contributed by atoms with Crippen molar-refractivity contribution in [3.63, 3.8) is 0 Å². The molecule has 0 fully saturated rings. The zero-order valence-corrected chi connectivity index (χ0v) is 9.27. The molecule has 1 heterocycles. The van der Waals surface area contributed by atoms with E-state index in [1.807, 2.05) is 0 Å². The van der Waals surface area contributed by atoms with Gasteiger partial charge >= 0.3 is 5.97 Å². The maximum absolute atomic E-state index is 10.7. The van der Waals surface area contributed by atoms with E-state index in [1.165, 1.54) is 4.68 Å². The molecule has 0 aliphatic heterocycles. The molecule has 1 aromatic rings. The molecule has 0 aliphatic carbocycles. The molecule has 1 atom stereocenters. The van der Waals surface area contributed by atoms with Gasteiger partial charge in [0.2, 0.25) is 0 Å². The standard InChI is InChI=1S/C8H11BrN2O3/c1-2-14-7(8(12)13)5-11-4-6(9)3-10-11/h3-4,7H,2,5H2,1H3,(H,12,13). The molecule has 0 saturated heterocycles. The number of carboxylic acids is 1. The number of rotatable bonds is 5. The lowest BCUT2D eigenvalue weighted by atomic mass is 10.3. The van der Waals surface area contributed by atoms with Crippen molar-refractivity contribution in [2.24, 2.45) is 0 Å². The molecule has 1 aromatic heterocycles. The van der Waals surface area contributed by atoms with E-state index in [-0.39, 0.29) is 6.54 Å². The highest BCUT2D eigenvalue weighted by atomic mass is 79.9. The highest BCUT2D eigenvalue weighted by molar-refractivity contribution is 9.10. The molecule has 6 heteroatoms. The molecule has 0 saturated carbocycles. The Morgan fingerprint density at radius 3 is 3.00 bits per heavy atom. The summed E-state index contributed by atoms with van der Waals surface area (Å²) in [5.41, 5.74) is 0. The van der Waals surface area contributed by atoms with E-state index in [1.54, 1.807) is 19.3 Å². The number of aliphatic carboxylic acids is 1. The zero-order valence-electron chi connectivity index (χ0n) is 7.68. The summed E-state index contributed by atoms with van der Waals surface area (Å²) >= 11 is 3.23. The molecular formula is C8H11BrN2O3. The minimum absolute atomic E-state index is 0.217. The van der Waals surface area contributed by atoms with Crippen LogP contribution in [0.3, 0.4) is 0 Å². The summed E-state index contributed by atoms with van der Waals surface area (Å²) in [6.07, 6.45) is 2.46. The van der Waals surface area contributed by atoms with Gasteiger partial charge in [-0.15, -0.1) is 0 Å². The maximum Gasteiger partial charge on any atom is 0.334 e. The first-order valence-corrected chi connectivity index (χ1v) is 4.95. The molecule has 14 heavy (non-hydrogen) atoms. The summed E-state index contributed by atoms with van der Waals surface area (Å²) in [7, 11) is 0. The summed E-state index contributed by atoms with van der Waals surface area (Å²) in [5, 5.41) is 12.7. The lowest BCUT2D eigenvalue weighted by molar-refractivity contribution is -0.151. The number of aromatic nitrogens is 2.